The number of unbranched alkanes of at least 4 members (excludes halogenated alkanes) is 2. The molecule has 1 aliphatic rings. The van der Waals surface area contributed by atoms with Crippen LogP contribution in [0.2, 0.25) is 0 Å². The van der Waals surface area contributed by atoms with Gasteiger partial charge in [-0.3, -0.25) is 4.79 Å². The van der Waals surface area contributed by atoms with Crippen molar-refractivity contribution in [2.24, 2.45) is 0 Å². The molecule has 1 fully saturated rings. The van der Waals surface area contributed by atoms with Gasteiger partial charge in [0.2, 0.25) is 0 Å². The van der Waals surface area contributed by atoms with Crippen molar-refractivity contribution in [2.45, 2.75) is 65.0 Å². The largest absolute Gasteiger partial charge is 0.494 e. The Hall–Kier alpha value is -2.34. The summed E-state index contributed by atoms with van der Waals surface area (Å²) in [6.45, 7) is 7.50. The average Bonchev–Trinajstić information content (AvgIpc) is 3.14. The highest BCUT2D eigenvalue weighted by atomic mass is 32.2. The maximum Gasteiger partial charge on any atom is 0.254 e. The van der Waals surface area contributed by atoms with Gasteiger partial charge in [0.1, 0.15) is 5.75 Å². The molecule has 174 valence electrons. The fourth-order valence-corrected chi connectivity index (χ4v) is 5.72. The van der Waals surface area contributed by atoms with Crippen LogP contribution in [-0.4, -0.2) is 43.4 Å². The van der Waals surface area contributed by atoms with E-state index >= 15 is 0 Å². The fraction of sp³-hybridized carbons (Fsp3) is 0.500. The van der Waals surface area contributed by atoms with Crippen molar-refractivity contribution in [1.82, 2.24) is 4.90 Å². The van der Waals surface area contributed by atoms with Crippen LogP contribution in [-0.2, 0) is 16.4 Å². The number of rotatable bonds is 10. The van der Waals surface area contributed by atoms with E-state index in [1.165, 1.54) is 5.56 Å². The predicted octanol–water partition coefficient (Wildman–Crippen LogP) is 5.21. The van der Waals surface area contributed by atoms with Crippen LogP contribution in [0.5, 0.6) is 5.75 Å². The Morgan fingerprint density at radius 1 is 1.06 bits per heavy atom. The van der Waals surface area contributed by atoms with Crippen molar-refractivity contribution < 1.29 is 17.9 Å². The number of sulfone groups is 1. The second-order valence-corrected chi connectivity index (χ2v) is 11.2. The first-order valence-electron chi connectivity index (χ1n) is 11.6. The Morgan fingerprint density at radius 3 is 2.31 bits per heavy atom. The molecular formula is C26H35NO4S. The van der Waals surface area contributed by atoms with Crippen LogP contribution in [0.1, 0.15) is 73.9 Å². The summed E-state index contributed by atoms with van der Waals surface area (Å²) in [5.41, 5.74) is 2.79. The zero-order chi connectivity index (χ0) is 23.1. The van der Waals surface area contributed by atoms with Crippen molar-refractivity contribution in [3.63, 3.8) is 0 Å². The van der Waals surface area contributed by atoms with Crippen LogP contribution >= 0.6 is 0 Å². The Labute approximate surface area is 192 Å². The SMILES string of the molecule is CCCCCOc1ccc(C(=O)N(Cc2ccc(C(C)C)cc2)[C@H]2CCS(=O)(=O)C2)cc1. The molecule has 32 heavy (non-hydrogen) atoms. The lowest BCUT2D eigenvalue weighted by molar-refractivity contribution is 0.0681. The zero-order valence-corrected chi connectivity index (χ0v) is 20.2. The number of benzene rings is 2. The van der Waals surface area contributed by atoms with Gasteiger partial charge in [0, 0.05) is 18.2 Å². The van der Waals surface area contributed by atoms with Crippen LogP contribution in [0.15, 0.2) is 48.5 Å². The summed E-state index contributed by atoms with van der Waals surface area (Å²) in [4.78, 5) is 15.2. The van der Waals surface area contributed by atoms with Gasteiger partial charge in [-0.15, -0.1) is 0 Å². The predicted molar refractivity (Wildman–Crippen MR) is 129 cm³/mol. The third-order valence-electron chi connectivity index (χ3n) is 6.03. The van der Waals surface area contributed by atoms with Crippen molar-refractivity contribution in [3.05, 3.63) is 65.2 Å². The average molecular weight is 458 g/mol. The maximum atomic E-state index is 13.4. The normalized spacial score (nSPS) is 17.4. The summed E-state index contributed by atoms with van der Waals surface area (Å²) in [6, 6.07) is 15.1. The molecule has 0 bridgehead atoms. The van der Waals surface area contributed by atoms with E-state index in [9.17, 15) is 13.2 Å². The highest BCUT2D eigenvalue weighted by Crippen LogP contribution is 2.24. The molecule has 1 amide bonds. The molecule has 0 spiro atoms. The first-order valence-corrected chi connectivity index (χ1v) is 13.4. The van der Waals surface area contributed by atoms with E-state index in [0.29, 0.717) is 31.1 Å². The van der Waals surface area contributed by atoms with E-state index in [2.05, 4.69) is 32.9 Å². The quantitative estimate of drug-likeness (QED) is 0.460. The Kier molecular flexibility index (Phi) is 8.35. The monoisotopic (exact) mass is 457 g/mol. The minimum atomic E-state index is -3.10. The lowest BCUT2D eigenvalue weighted by atomic mass is 10.0. The molecule has 0 N–H and O–H groups in total. The van der Waals surface area contributed by atoms with Crippen molar-refractivity contribution in [2.75, 3.05) is 18.1 Å². The van der Waals surface area contributed by atoms with Gasteiger partial charge in [-0.05, 0) is 54.2 Å². The maximum absolute atomic E-state index is 13.4. The minimum Gasteiger partial charge on any atom is -0.494 e. The van der Waals surface area contributed by atoms with Crippen LogP contribution in [0.4, 0.5) is 0 Å². The number of nitrogens with zero attached hydrogens (tertiary/aromatic N) is 1. The molecule has 0 aromatic heterocycles. The summed E-state index contributed by atoms with van der Waals surface area (Å²) >= 11 is 0. The second-order valence-electron chi connectivity index (χ2n) is 8.97. The summed E-state index contributed by atoms with van der Waals surface area (Å²) in [5.74, 6) is 1.21. The molecule has 0 aliphatic carbocycles. The van der Waals surface area contributed by atoms with Gasteiger partial charge in [-0.2, -0.15) is 0 Å². The second kappa shape index (κ2) is 11.0. The van der Waals surface area contributed by atoms with E-state index in [4.69, 9.17) is 4.74 Å². The van der Waals surface area contributed by atoms with E-state index in [0.717, 1.165) is 30.6 Å². The highest BCUT2D eigenvalue weighted by Gasteiger charge is 2.35. The van der Waals surface area contributed by atoms with Crippen LogP contribution in [0, 0.1) is 0 Å². The molecule has 2 aromatic rings. The third-order valence-corrected chi connectivity index (χ3v) is 7.78. The first kappa shape index (κ1) is 24.3. The third kappa shape index (κ3) is 6.58. The van der Waals surface area contributed by atoms with Crippen LogP contribution in [0.25, 0.3) is 0 Å². The standard InChI is InChI=1S/C26H35NO4S/c1-4-5-6-16-31-25-13-11-23(12-14-25)26(28)27(24-15-17-32(29,30)19-24)18-21-7-9-22(10-8-21)20(2)3/h7-14,20,24H,4-6,15-19H2,1-3H3/t24-/m0/s1. The molecule has 2 aromatic carbocycles. The van der Waals surface area contributed by atoms with Crippen LogP contribution in [0.3, 0.4) is 0 Å². The highest BCUT2D eigenvalue weighted by molar-refractivity contribution is 7.91. The first-order chi connectivity index (χ1) is 15.3. The Morgan fingerprint density at radius 2 is 1.75 bits per heavy atom. The Balaban J connectivity index is 1.76. The van der Waals surface area contributed by atoms with Crippen LogP contribution < -0.4 is 4.74 Å². The van der Waals surface area contributed by atoms with Gasteiger partial charge in [0.15, 0.2) is 9.84 Å². The minimum absolute atomic E-state index is 0.0292. The van der Waals surface area contributed by atoms with Crippen molar-refractivity contribution in [1.29, 1.82) is 0 Å². The van der Waals surface area contributed by atoms with E-state index in [1.807, 2.05) is 24.3 Å². The van der Waals surface area contributed by atoms with E-state index in [-0.39, 0.29) is 23.5 Å². The topological polar surface area (TPSA) is 63.7 Å². The van der Waals surface area contributed by atoms with Crippen molar-refractivity contribution >= 4 is 15.7 Å². The van der Waals surface area contributed by atoms with Gasteiger partial charge in [0.25, 0.3) is 5.91 Å². The molecule has 5 nitrogen and oxygen atoms in total. The lowest BCUT2D eigenvalue weighted by Crippen LogP contribution is -2.40. The number of hydrogen-bond donors (Lipinski definition) is 0. The number of hydrogen-bond acceptors (Lipinski definition) is 4. The lowest BCUT2D eigenvalue weighted by Gasteiger charge is -2.29. The van der Waals surface area contributed by atoms with E-state index in [1.54, 1.807) is 17.0 Å². The molecule has 0 radical (unpaired) electrons. The summed E-state index contributed by atoms with van der Waals surface area (Å²) in [7, 11) is -3.10. The molecule has 0 saturated carbocycles. The van der Waals surface area contributed by atoms with Gasteiger partial charge in [0.05, 0.1) is 18.1 Å². The molecule has 1 heterocycles. The summed E-state index contributed by atoms with van der Waals surface area (Å²) in [5, 5.41) is 0. The van der Waals surface area contributed by atoms with Gasteiger partial charge in [-0.25, -0.2) is 8.42 Å². The number of ether oxygens (including phenoxy) is 1. The molecule has 3 rings (SSSR count). The summed E-state index contributed by atoms with van der Waals surface area (Å²) < 4.78 is 30.0. The number of carbonyl (C=O) groups excluding carboxylic acids is 1. The van der Waals surface area contributed by atoms with Gasteiger partial charge < -0.3 is 9.64 Å². The molecule has 1 saturated heterocycles. The molecule has 6 heteroatoms. The fourth-order valence-electron chi connectivity index (χ4n) is 3.99. The zero-order valence-electron chi connectivity index (χ0n) is 19.4. The summed E-state index contributed by atoms with van der Waals surface area (Å²) in [6.07, 6.45) is 3.77. The van der Waals surface area contributed by atoms with Crippen molar-refractivity contribution in [3.8, 4) is 5.75 Å². The van der Waals surface area contributed by atoms with E-state index < -0.39 is 9.84 Å². The molecule has 0 unspecified atom stereocenters. The molecular weight excluding hydrogens is 422 g/mol. The smallest absolute Gasteiger partial charge is 0.254 e. The number of carbonyl (C=O) groups is 1. The molecule has 1 aliphatic heterocycles. The van der Waals surface area contributed by atoms with Gasteiger partial charge >= 0.3 is 0 Å². The Bertz CT molecular complexity index is 981. The molecule has 1 atom stereocenters. The van der Waals surface area contributed by atoms with Gasteiger partial charge in [-0.1, -0.05) is 57.9 Å². The number of amides is 1.